The number of rotatable bonds is 2. The summed E-state index contributed by atoms with van der Waals surface area (Å²) in [5, 5.41) is 8.57. The summed E-state index contributed by atoms with van der Waals surface area (Å²) >= 11 is 1.76. The van der Waals surface area contributed by atoms with Crippen molar-refractivity contribution in [1.82, 2.24) is 4.98 Å². The topological polar surface area (TPSA) is 50.2 Å². The molecule has 0 fully saturated rings. The number of carboxylic acid groups (broad SMARTS) is 1. The van der Waals surface area contributed by atoms with Crippen LogP contribution in [0, 0.1) is 3.70 Å². The van der Waals surface area contributed by atoms with Crippen LogP contribution in [0.1, 0.15) is 22.3 Å². The minimum absolute atomic E-state index is 0.374. The van der Waals surface area contributed by atoms with E-state index < -0.39 is 23.5 Å². The molecule has 0 spiro atoms. The zero-order chi connectivity index (χ0) is 10.0. The lowest BCUT2D eigenvalue weighted by Crippen LogP contribution is -2.04. The van der Waals surface area contributed by atoms with E-state index in [9.17, 15) is 13.6 Å². The quantitative estimate of drug-likeness (QED) is 0.673. The molecule has 0 unspecified atom stereocenters. The van der Waals surface area contributed by atoms with Crippen LogP contribution in [0.15, 0.2) is 12.3 Å². The molecule has 0 amide bonds. The Morgan fingerprint density at radius 1 is 1.62 bits per heavy atom. The standard InChI is InChI=1S/C7H4F2INO2/c8-6(9)4-2-11-5(10)1-3(4)7(12)13/h1-2,6H,(H,12,13). The number of carboxylic acids is 1. The molecule has 0 aliphatic rings. The van der Waals surface area contributed by atoms with Gasteiger partial charge in [0, 0.05) is 6.20 Å². The summed E-state index contributed by atoms with van der Waals surface area (Å²) in [6.45, 7) is 0. The van der Waals surface area contributed by atoms with Crippen molar-refractivity contribution in [1.29, 1.82) is 0 Å². The van der Waals surface area contributed by atoms with Crippen molar-refractivity contribution in [3.8, 4) is 0 Å². The van der Waals surface area contributed by atoms with Crippen LogP contribution in [0.2, 0.25) is 0 Å². The number of carbonyl (C=O) groups is 1. The maximum atomic E-state index is 12.2. The van der Waals surface area contributed by atoms with Gasteiger partial charge < -0.3 is 5.11 Å². The first-order valence-corrected chi connectivity index (χ1v) is 4.27. The van der Waals surface area contributed by atoms with Crippen LogP contribution in [0.4, 0.5) is 8.78 Å². The highest BCUT2D eigenvalue weighted by Crippen LogP contribution is 2.22. The lowest BCUT2D eigenvalue weighted by molar-refractivity contribution is 0.0684. The van der Waals surface area contributed by atoms with E-state index in [1.54, 1.807) is 22.6 Å². The van der Waals surface area contributed by atoms with Crippen molar-refractivity contribution >= 4 is 28.6 Å². The van der Waals surface area contributed by atoms with Gasteiger partial charge in [-0.2, -0.15) is 0 Å². The Labute approximate surface area is 85.9 Å². The average molecular weight is 299 g/mol. The second kappa shape index (κ2) is 3.95. The second-order valence-corrected chi connectivity index (χ2v) is 3.31. The molecule has 1 heterocycles. The molecule has 1 aromatic heterocycles. The van der Waals surface area contributed by atoms with Crippen LogP contribution in [0.25, 0.3) is 0 Å². The zero-order valence-electron chi connectivity index (χ0n) is 6.17. The third-order valence-corrected chi connectivity index (χ3v) is 1.96. The SMILES string of the molecule is O=C(O)c1cc(I)ncc1C(F)F. The summed E-state index contributed by atoms with van der Waals surface area (Å²) in [7, 11) is 0. The molecule has 0 saturated carbocycles. The highest BCUT2D eigenvalue weighted by Gasteiger charge is 2.18. The lowest BCUT2D eigenvalue weighted by atomic mass is 10.1. The second-order valence-electron chi connectivity index (χ2n) is 2.20. The van der Waals surface area contributed by atoms with Crippen LogP contribution in [-0.4, -0.2) is 16.1 Å². The summed E-state index contributed by atoms with van der Waals surface area (Å²) in [6.07, 6.45) is -1.92. The van der Waals surface area contributed by atoms with Crippen molar-refractivity contribution in [2.24, 2.45) is 0 Å². The first-order valence-electron chi connectivity index (χ1n) is 3.19. The van der Waals surface area contributed by atoms with Crippen LogP contribution in [0.3, 0.4) is 0 Å². The highest BCUT2D eigenvalue weighted by molar-refractivity contribution is 14.1. The monoisotopic (exact) mass is 299 g/mol. The predicted molar refractivity (Wildman–Crippen MR) is 48.9 cm³/mol. The molecule has 1 aromatic rings. The molecule has 0 atom stereocenters. The van der Waals surface area contributed by atoms with E-state index in [1.807, 2.05) is 0 Å². The van der Waals surface area contributed by atoms with Crippen molar-refractivity contribution in [2.75, 3.05) is 0 Å². The Hall–Kier alpha value is -0.790. The fourth-order valence-corrected chi connectivity index (χ4v) is 1.25. The molecular weight excluding hydrogens is 295 g/mol. The van der Waals surface area contributed by atoms with E-state index in [0.717, 1.165) is 12.3 Å². The maximum Gasteiger partial charge on any atom is 0.336 e. The van der Waals surface area contributed by atoms with E-state index >= 15 is 0 Å². The Kier molecular flexibility index (Phi) is 3.12. The predicted octanol–water partition coefficient (Wildman–Crippen LogP) is 2.32. The van der Waals surface area contributed by atoms with E-state index in [2.05, 4.69) is 4.98 Å². The molecule has 0 aliphatic heterocycles. The Bertz CT molecular complexity index is 343. The number of nitrogens with zero attached hydrogens (tertiary/aromatic N) is 1. The average Bonchev–Trinajstić information content (AvgIpc) is 2.03. The summed E-state index contributed by atoms with van der Waals surface area (Å²) in [4.78, 5) is 14.1. The maximum absolute atomic E-state index is 12.2. The fourth-order valence-electron chi connectivity index (χ4n) is 0.800. The van der Waals surface area contributed by atoms with E-state index in [1.165, 1.54) is 0 Å². The number of aromatic nitrogens is 1. The van der Waals surface area contributed by atoms with E-state index in [4.69, 9.17) is 5.11 Å². The molecule has 6 heteroatoms. The molecule has 3 nitrogen and oxygen atoms in total. The molecule has 13 heavy (non-hydrogen) atoms. The Morgan fingerprint density at radius 3 is 2.69 bits per heavy atom. The van der Waals surface area contributed by atoms with Gasteiger partial charge in [-0.25, -0.2) is 18.6 Å². The number of hydrogen-bond donors (Lipinski definition) is 1. The summed E-state index contributed by atoms with van der Waals surface area (Å²) in [5.41, 5.74) is -0.942. The minimum Gasteiger partial charge on any atom is -0.478 e. The molecular formula is C7H4F2INO2. The van der Waals surface area contributed by atoms with Crippen LogP contribution < -0.4 is 0 Å². The van der Waals surface area contributed by atoms with E-state index in [0.29, 0.717) is 3.70 Å². The van der Waals surface area contributed by atoms with Crippen molar-refractivity contribution in [3.05, 3.63) is 27.1 Å². The van der Waals surface area contributed by atoms with Crippen molar-refractivity contribution in [2.45, 2.75) is 6.43 Å². The van der Waals surface area contributed by atoms with Gasteiger partial charge in [-0.1, -0.05) is 0 Å². The number of alkyl halides is 2. The molecule has 0 bridgehead atoms. The molecule has 0 radical (unpaired) electrons. The minimum atomic E-state index is -2.81. The van der Waals surface area contributed by atoms with Gasteiger partial charge in [0.25, 0.3) is 6.43 Å². The molecule has 70 valence electrons. The fraction of sp³-hybridized carbons (Fsp3) is 0.143. The van der Waals surface area contributed by atoms with Gasteiger partial charge in [0.2, 0.25) is 0 Å². The Balaban J connectivity index is 3.27. The third kappa shape index (κ3) is 2.33. The third-order valence-electron chi connectivity index (χ3n) is 1.37. The summed E-state index contributed by atoms with van der Waals surface area (Å²) in [5.74, 6) is -1.37. The van der Waals surface area contributed by atoms with Gasteiger partial charge in [0.1, 0.15) is 3.70 Å². The lowest BCUT2D eigenvalue weighted by Gasteiger charge is -2.03. The first-order chi connectivity index (χ1) is 6.02. The van der Waals surface area contributed by atoms with Crippen molar-refractivity contribution in [3.63, 3.8) is 0 Å². The smallest absolute Gasteiger partial charge is 0.336 e. The normalized spacial score (nSPS) is 10.5. The molecule has 1 N–H and O–H groups in total. The van der Waals surface area contributed by atoms with Gasteiger partial charge in [-0.05, 0) is 28.7 Å². The van der Waals surface area contributed by atoms with Gasteiger partial charge in [0.05, 0.1) is 11.1 Å². The van der Waals surface area contributed by atoms with E-state index in [-0.39, 0.29) is 0 Å². The Morgan fingerprint density at radius 2 is 2.23 bits per heavy atom. The van der Waals surface area contributed by atoms with Crippen LogP contribution >= 0.6 is 22.6 Å². The number of halogens is 3. The molecule has 0 aromatic carbocycles. The largest absolute Gasteiger partial charge is 0.478 e. The van der Waals surface area contributed by atoms with Gasteiger partial charge in [0.15, 0.2) is 0 Å². The van der Waals surface area contributed by atoms with Crippen LogP contribution in [0.5, 0.6) is 0 Å². The molecule has 0 aliphatic carbocycles. The van der Waals surface area contributed by atoms with Gasteiger partial charge in [-0.15, -0.1) is 0 Å². The van der Waals surface area contributed by atoms with Gasteiger partial charge >= 0.3 is 5.97 Å². The molecule has 1 rings (SSSR count). The number of hydrogen-bond acceptors (Lipinski definition) is 2. The first kappa shape index (κ1) is 10.3. The number of aromatic carboxylic acids is 1. The van der Waals surface area contributed by atoms with Gasteiger partial charge in [-0.3, -0.25) is 0 Å². The number of pyridine rings is 1. The van der Waals surface area contributed by atoms with Crippen LogP contribution in [-0.2, 0) is 0 Å². The van der Waals surface area contributed by atoms with Crippen molar-refractivity contribution < 1.29 is 18.7 Å². The summed E-state index contributed by atoms with van der Waals surface area (Å²) < 4.78 is 24.8. The highest BCUT2D eigenvalue weighted by atomic mass is 127. The zero-order valence-corrected chi connectivity index (χ0v) is 8.33. The molecule has 0 saturated heterocycles. The summed E-state index contributed by atoms with van der Waals surface area (Å²) in [6, 6.07) is 1.12.